The zero-order valence-electron chi connectivity index (χ0n) is 14.9. The summed E-state index contributed by atoms with van der Waals surface area (Å²) in [5, 5.41) is 3.16. The van der Waals surface area contributed by atoms with Crippen molar-refractivity contribution in [2.24, 2.45) is 14.1 Å². The fraction of sp³-hybridized carbons (Fsp3) is 0.375. The van der Waals surface area contributed by atoms with E-state index in [4.69, 9.17) is 0 Å². The Kier molecular flexibility index (Phi) is 3.98. The number of nitrogens with zero attached hydrogens (tertiary/aromatic N) is 7. The number of nitrogens with one attached hydrogen (secondary N) is 1. The number of hydrogen-bond acceptors (Lipinski definition) is 7. The second kappa shape index (κ2) is 6.34. The Hall–Kier alpha value is -3.50. The largest absolute Gasteiger partial charge is 0.348 e. The fourth-order valence-electron chi connectivity index (χ4n) is 3.09. The van der Waals surface area contributed by atoms with Crippen molar-refractivity contribution in [2.75, 3.05) is 18.4 Å². The lowest BCUT2D eigenvalue weighted by atomic mass is 10.1. The van der Waals surface area contributed by atoms with Crippen molar-refractivity contribution < 1.29 is 4.79 Å². The monoisotopic (exact) mass is 370 g/mol. The third kappa shape index (κ3) is 2.86. The van der Waals surface area contributed by atoms with E-state index in [1.807, 2.05) is 0 Å². The van der Waals surface area contributed by atoms with E-state index in [2.05, 4.69) is 20.3 Å². The number of carbonyl (C=O) groups is 1. The number of hydrogen-bond donors (Lipinski definition) is 1. The van der Waals surface area contributed by atoms with Gasteiger partial charge in [-0.05, 0) is 6.07 Å². The number of aryl methyl sites for hydroxylation is 1. The zero-order valence-corrected chi connectivity index (χ0v) is 14.9. The van der Waals surface area contributed by atoms with Crippen LogP contribution in [0.2, 0.25) is 0 Å². The van der Waals surface area contributed by atoms with Gasteiger partial charge in [0.15, 0.2) is 11.2 Å². The molecule has 0 aliphatic carbocycles. The Morgan fingerprint density at radius 2 is 1.85 bits per heavy atom. The van der Waals surface area contributed by atoms with Crippen LogP contribution in [0.4, 0.5) is 5.95 Å². The summed E-state index contributed by atoms with van der Waals surface area (Å²) in [6.45, 7) is 1.04. The van der Waals surface area contributed by atoms with Gasteiger partial charge in [-0.1, -0.05) is 0 Å². The van der Waals surface area contributed by atoms with Crippen LogP contribution in [0.5, 0.6) is 0 Å². The van der Waals surface area contributed by atoms with Gasteiger partial charge >= 0.3 is 5.69 Å². The molecule has 3 aromatic heterocycles. The number of imidazole rings is 1. The van der Waals surface area contributed by atoms with E-state index in [1.54, 1.807) is 30.4 Å². The van der Waals surface area contributed by atoms with Crippen molar-refractivity contribution in [3.8, 4) is 0 Å². The van der Waals surface area contributed by atoms with E-state index in [0.29, 0.717) is 19.0 Å². The lowest BCUT2D eigenvalue weighted by Gasteiger charge is -2.39. The van der Waals surface area contributed by atoms with Crippen LogP contribution in [0.25, 0.3) is 11.2 Å². The van der Waals surface area contributed by atoms with Gasteiger partial charge in [-0.2, -0.15) is 0 Å². The van der Waals surface area contributed by atoms with Gasteiger partial charge in [0.1, 0.15) is 6.54 Å². The Labute approximate surface area is 152 Å². The van der Waals surface area contributed by atoms with E-state index in [0.717, 1.165) is 4.57 Å². The van der Waals surface area contributed by atoms with Crippen molar-refractivity contribution >= 4 is 23.0 Å². The van der Waals surface area contributed by atoms with Gasteiger partial charge in [-0.3, -0.25) is 18.7 Å². The molecule has 4 rings (SSSR count). The first-order valence-corrected chi connectivity index (χ1v) is 8.38. The summed E-state index contributed by atoms with van der Waals surface area (Å²) in [6, 6.07) is 1.82. The average Bonchev–Trinajstić information content (AvgIpc) is 3.05. The lowest BCUT2D eigenvalue weighted by Crippen LogP contribution is -2.57. The van der Waals surface area contributed by atoms with Gasteiger partial charge in [0.05, 0.1) is 12.4 Å². The van der Waals surface area contributed by atoms with Crippen molar-refractivity contribution in [1.82, 2.24) is 33.6 Å². The van der Waals surface area contributed by atoms with E-state index >= 15 is 0 Å². The maximum Gasteiger partial charge on any atom is 0.332 e. The number of carbonyl (C=O) groups excluding carboxylic acids is 1. The van der Waals surface area contributed by atoms with Gasteiger partial charge in [-0.25, -0.2) is 19.7 Å². The molecule has 4 heterocycles. The van der Waals surface area contributed by atoms with Gasteiger partial charge in [0.2, 0.25) is 11.9 Å². The molecule has 11 nitrogen and oxygen atoms in total. The van der Waals surface area contributed by atoms with E-state index in [1.165, 1.54) is 22.5 Å². The molecule has 1 amide bonds. The SMILES string of the molecule is Cn1c(=O)c2c(ncn2CC(=O)N2CC(Nc3ncccn3)C2)n(C)c1=O. The molecule has 0 spiro atoms. The molecular formula is C16H18N8O3. The molecule has 140 valence electrons. The Balaban J connectivity index is 1.47. The Bertz CT molecular complexity index is 1120. The molecule has 27 heavy (non-hydrogen) atoms. The van der Waals surface area contributed by atoms with Crippen LogP contribution < -0.4 is 16.6 Å². The summed E-state index contributed by atoms with van der Waals surface area (Å²) in [5.74, 6) is 0.400. The van der Waals surface area contributed by atoms with Crippen LogP contribution in [-0.2, 0) is 25.4 Å². The number of anilines is 1. The second-order valence-electron chi connectivity index (χ2n) is 6.46. The molecule has 0 saturated carbocycles. The fourth-order valence-corrected chi connectivity index (χ4v) is 3.09. The van der Waals surface area contributed by atoms with Crippen LogP contribution in [-0.4, -0.2) is 58.6 Å². The average molecular weight is 370 g/mol. The first-order chi connectivity index (χ1) is 13.0. The van der Waals surface area contributed by atoms with Crippen molar-refractivity contribution in [1.29, 1.82) is 0 Å². The molecule has 0 atom stereocenters. The summed E-state index contributed by atoms with van der Waals surface area (Å²) < 4.78 is 3.79. The molecule has 1 aliphatic heterocycles. The van der Waals surface area contributed by atoms with Crippen LogP contribution in [0.1, 0.15) is 0 Å². The van der Waals surface area contributed by atoms with Gasteiger partial charge in [0, 0.05) is 39.6 Å². The molecule has 1 N–H and O–H groups in total. The number of rotatable bonds is 4. The molecule has 3 aromatic rings. The predicted molar refractivity (Wildman–Crippen MR) is 96.2 cm³/mol. The highest BCUT2D eigenvalue weighted by atomic mass is 16.2. The molecule has 11 heteroatoms. The number of fused-ring (bicyclic) bond motifs is 1. The normalized spacial score (nSPS) is 14.4. The highest BCUT2D eigenvalue weighted by Gasteiger charge is 2.31. The first kappa shape index (κ1) is 16.9. The van der Waals surface area contributed by atoms with Crippen molar-refractivity contribution in [3.05, 3.63) is 45.6 Å². The summed E-state index contributed by atoms with van der Waals surface area (Å²) in [4.78, 5) is 50.9. The van der Waals surface area contributed by atoms with E-state index in [-0.39, 0.29) is 29.7 Å². The summed E-state index contributed by atoms with van der Waals surface area (Å²) in [6.07, 6.45) is 4.71. The Morgan fingerprint density at radius 1 is 1.15 bits per heavy atom. The van der Waals surface area contributed by atoms with Gasteiger partial charge < -0.3 is 14.8 Å². The van der Waals surface area contributed by atoms with Gasteiger partial charge in [0.25, 0.3) is 5.56 Å². The zero-order chi connectivity index (χ0) is 19.1. The lowest BCUT2D eigenvalue weighted by molar-refractivity contribution is -0.135. The van der Waals surface area contributed by atoms with Crippen molar-refractivity contribution in [2.45, 2.75) is 12.6 Å². The first-order valence-electron chi connectivity index (χ1n) is 8.38. The standard InChI is InChI=1S/C16H18N8O3/c1-21-13-12(14(26)22(2)16(21)27)24(9-19-13)8-11(25)23-6-10(7-23)20-15-17-4-3-5-18-15/h3-5,9-10H,6-8H2,1-2H3,(H,17,18,20). The molecule has 1 aliphatic rings. The minimum atomic E-state index is -0.470. The van der Waals surface area contributed by atoms with E-state index < -0.39 is 11.2 Å². The highest BCUT2D eigenvalue weighted by Crippen LogP contribution is 2.14. The number of aromatic nitrogens is 6. The summed E-state index contributed by atoms with van der Waals surface area (Å²) in [7, 11) is 2.95. The molecule has 0 bridgehead atoms. The third-order valence-corrected chi connectivity index (χ3v) is 4.66. The predicted octanol–water partition coefficient (Wildman–Crippen LogP) is -1.45. The minimum Gasteiger partial charge on any atom is -0.348 e. The van der Waals surface area contributed by atoms with Crippen LogP contribution in [0, 0.1) is 0 Å². The minimum absolute atomic E-state index is 0.0154. The third-order valence-electron chi connectivity index (χ3n) is 4.66. The molecule has 1 fully saturated rings. The maximum atomic E-state index is 12.5. The topological polar surface area (TPSA) is 120 Å². The molecule has 0 aromatic carbocycles. The number of amides is 1. The Morgan fingerprint density at radius 3 is 2.56 bits per heavy atom. The van der Waals surface area contributed by atoms with Gasteiger partial charge in [-0.15, -0.1) is 0 Å². The van der Waals surface area contributed by atoms with Crippen LogP contribution in [0.3, 0.4) is 0 Å². The van der Waals surface area contributed by atoms with Crippen LogP contribution >= 0.6 is 0 Å². The molecule has 1 saturated heterocycles. The molecular weight excluding hydrogens is 352 g/mol. The van der Waals surface area contributed by atoms with Crippen molar-refractivity contribution in [3.63, 3.8) is 0 Å². The summed E-state index contributed by atoms with van der Waals surface area (Å²) in [5.41, 5.74) is -0.423. The molecule has 0 radical (unpaired) electrons. The highest BCUT2D eigenvalue weighted by molar-refractivity contribution is 5.80. The van der Waals surface area contributed by atoms with E-state index in [9.17, 15) is 14.4 Å². The second-order valence-corrected chi connectivity index (χ2v) is 6.46. The smallest absolute Gasteiger partial charge is 0.332 e. The quantitative estimate of drug-likeness (QED) is 0.596. The number of likely N-dealkylation sites (tertiary alicyclic amines) is 1. The molecule has 0 unspecified atom stereocenters. The van der Waals surface area contributed by atoms with Crippen LogP contribution in [0.15, 0.2) is 34.4 Å². The summed E-state index contributed by atoms with van der Waals surface area (Å²) >= 11 is 0. The maximum absolute atomic E-state index is 12.5.